The maximum Gasteiger partial charge on any atom is 0.276 e. The first-order valence-corrected chi connectivity index (χ1v) is 8.03. The van der Waals surface area contributed by atoms with Gasteiger partial charge in [-0.3, -0.25) is 10.1 Å². The van der Waals surface area contributed by atoms with Crippen LogP contribution in [0, 0.1) is 0 Å². The molecule has 142 valence electrons. The van der Waals surface area contributed by atoms with Gasteiger partial charge in [0.25, 0.3) is 5.91 Å². The van der Waals surface area contributed by atoms with Gasteiger partial charge in [0.15, 0.2) is 0 Å². The summed E-state index contributed by atoms with van der Waals surface area (Å²) >= 11 is 0. The lowest BCUT2D eigenvalue weighted by Crippen LogP contribution is -2.37. The van der Waals surface area contributed by atoms with Crippen LogP contribution in [0.5, 0.6) is 0 Å². The van der Waals surface area contributed by atoms with Gasteiger partial charge in [0.05, 0.1) is 6.10 Å². The minimum absolute atomic E-state index is 0. The van der Waals surface area contributed by atoms with Crippen LogP contribution in [0.3, 0.4) is 0 Å². The summed E-state index contributed by atoms with van der Waals surface area (Å²) in [4.78, 5) is 23.7. The molecule has 0 spiro atoms. The van der Waals surface area contributed by atoms with Crippen molar-refractivity contribution in [3.8, 4) is 0 Å². The Bertz CT molecular complexity index is 801. The third-order valence-electron chi connectivity index (χ3n) is 3.54. The molecule has 1 aliphatic rings. The van der Waals surface area contributed by atoms with Crippen LogP contribution >= 0.6 is 24.8 Å². The van der Waals surface area contributed by atoms with E-state index in [0.29, 0.717) is 24.8 Å². The van der Waals surface area contributed by atoms with E-state index < -0.39 is 0 Å². The van der Waals surface area contributed by atoms with Crippen molar-refractivity contribution in [3.05, 3.63) is 35.8 Å². The molecule has 1 aliphatic heterocycles. The molecule has 3 heterocycles. The highest BCUT2D eigenvalue weighted by atomic mass is 35.5. The van der Waals surface area contributed by atoms with E-state index in [1.165, 1.54) is 0 Å². The molecule has 2 aromatic heterocycles. The van der Waals surface area contributed by atoms with Crippen molar-refractivity contribution < 1.29 is 9.53 Å². The molecule has 0 saturated heterocycles. The molecule has 0 unspecified atom stereocenters. The van der Waals surface area contributed by atoms with Crippen molar-refractivity contribution in [1.82, 2.24) is 20.6 Å². The summed E-state index contributed by atoms with van der Waals surface area (Å²) in [5.41, 5.74) is 2.05. The van der Waals surface area contributed by atoms with Crippen LogP contribution in [0.25, 0.3) is 17.1 Å². The van der Waals surface area contributed by atoms with Gasteiger partial charge in [0, 0.05) is 36.5 Å². The van der Waals surface area contributed by atoms with E-state index in [4.69, 9.17) is 4.74 Å². The quantitative estimate of drug-likeness (QED) is 0.514. The van der Waals surface area contributed by atoms with Crippen molar-refractivity contribution in [2.75, 3.05) is 13.2 Å². The Kier molecular flexibility index (Phi) is 8.57. The summed E-state index contributed by atoms with van der Waals surface area (Å²) in [6.45, 7) is 5.38. The van der Waals surface area contributed by atoms with Crippen LogP contribution < -0.4 is 10.6 Å². The number of carbonyl (C=O) groups excluding carboxylic acids is 1. The van der Waals surface area contributed by atoms with E-state index in [0.717, 1.165) is 23.0 Å². The molecule has 0 saturated carbocycles. The maximum atomic E-state index is 12.0. The van der Waals surface area contributed by atoms with Gasteiger partial charge in [-0.1, -0.05) is 0 Å². The molecule has 0 aliphatic carbocycles. The van der Waals surface area contributed by atoms with Gasteiger partial charge in [-0.15, -0.1) is 24.8 Å². The second-order valence-electron chi connectivity index (χ2n) is 5.79. The summed E-state index contributed by atoms with van der Waals surface area (Å²) in [6.07, 6.45) is 6.38. The first-order valence-electron chi connectivity index (χ1n) is 8.03. The number of aromatic amines is 1. The van der Waals surface area contributed by atoms with Gasteiger partial charge in [0.2, 0.25) is 5.96 Å². The average Bonchev–Trinajstić information content (AvgIpc) is 3.12. The van der Waals surface area contributed by atoms with Crippen LogP contribution in [0.15, 0.2) is 35.2 Å². The Morgan fingerprint density at radius 3 is 2.92 bits per heavy atom. The lowest BCUT2D eigenvalue weighted by Gasteiger charge is -2.08. The van der Waals surface area contributed by atoms with Crippen molar-refractivity contribution in [2.45, 2.75) is 26.4 Å². The molecule has 26 heavy (non-hydrogen) atoms. The zero-order chi connectivity index (χ0) is 16.9. The zero-order valence-electron chi connectivity index (χ0n) is 14.6. The van der Waals surface area contributed by atoms with Crippen LogP contribution in [0.4, 0.5) is 0 Å². The molecule has 9 heteroatoms. The number of nitrogens with one attached hydrogen (secondary N) is 3. The van der Waals surface area contributed by atoms with Crippen LogP contribution in [-0.2, 0) is 9.53 Å². The van der Waals surface area contributed by atoms with Gasteiger partial charge in [0.1, 0.15) is 11.3 Å². The zero-order valence-corrected chi connectivity index (χ0v) is 16.2. The fraction of sp³-hybridized carbons (Fsp3) is 0.353. The monoisotopic (exact) mass is 399 g/mol. The van der Waals surface area contributed by atoms with Gasteiger partial charge in [-0.2, -0.15) is 0 Å². The highest BCUT2D eigenvalue weighted by molar-refractivity contribution is 6.14. The molecule has 0 atom stereocenters. The molecular weight excluding hydrogens is 377 g/mol. The predicted octanol–water partition coefficient (Wildman–Crippen LogP) is 2.64. The molecule has 1 amide bonds. The van der Waals surface area contributed by atoms with Crippen LogP contribution in [0.2, 0.25) is 0 Å². The Labute approximate surface area is 164 Å². The summed E-state index contributed by atoms with van der Waals surface area (Å²) in [5, 5.41) is 6.80. The van der Waals surface area contributed by atoms with Crippen LogP contribution in [-0.4, -0.2) is 41.1 Å². The van der Waals surface area contributed by atoms with Gasteiger partial charge < -0.3 is 15.0 Å². The maximum absolute atomic E-state index is 12.0. The number of halogens is 2. The number of fused-ring (bicyclic) bond motifs is 1. The number of hydrogen-bond donors (Lipinski definition) is 3. The van der Waals surface area contributed by atoms with Gasteiger partial charge >= 0.3 is 0 Å². The van der Waals surface area contributed by atoms with E-state index in [2.05, 4.69) is 25.6 Å². The molecule has 7 nitrogen and oxygen atoms in total. The van der Waals surface area contributed by atoms with Crippen molar-refractivity contribution in [2.24, 2.45) is 4.99 Å². The largest absolute Gasteiger partial charge is 0.379 e. The van der Waals surface area contributed by atoms with E-state index in [-0.39, 0.29) is 36.8 Å². The molecular formula is C17H23Cl2N5O2. The van der Waals surface area contributed by atoms with Gasteiger partial charge in [-0.05, 0) is 38.5 Å². The van der Waals surface area contributed by atoms with Crippen molar-refractivity contribution >= 4 is 53.8 Å². The number of rotatable bonds is 6. The number of ether oxygens (including phenoxy) is 1. The second kappa shape index (κ2) is 10.2. The number of hydrogen-bond acceptors (Lipinski definition) is 5. The Morgan fingerprint density at radius 2 is 2.15 bits per heavy atom. The highest BCUT2D eigenvalue weighted by Gasteiger charge is 2.20. The molecule has 0 radical (unpaired) electrons. The lowest BCUT2D eigenvalue weighted by molar-refractivity contribution is -0.115. The van der Waals surface area contributed by atoms with E-state index in [1.807, 2.05) is 32.2 Å². The average molecular weight is 400 g/mol. The smallest absolute Gasteiger partial charge is 0.276 e. The normalized spacial score (nSPS) is 14.8. The molecule has 2 aromatic rings. The highest BCUT2D eigenvalue weighted by Crippen LogP contribution is 2.20. The number of carbonyl (C=O) groups is 1. The Hall–Kier alpha value is -2.09. The van der Waals surface area contributed by atoms with E-state index >= 15 is 0 Å². The van der Waals surface area contributed by atoms with E-state index in [9.17, 15) is 4.79 Å². The molecule has 0 fully saturated rings. The summed E-state index contributed by atoms with van der Waals surface area (Å²) < 4.78 is 5.47. The number of nitrogens with zero attached hydrogens (tertiary/aromatic N) is 2. The molecule has 0 bridgehead atoms. The molecule has 3 N–H and O–H groups in total. The topological polar surface area (TPSA) is 91.4 Å². The Morgan fingerprint density at radius 1 is 1.35 bits per heavy atom. The summed E-state index contributed by atoms with van der Waals surface area (Å²) in [5.74, 6) is 0.267. The second-order valence-corrected chi connectivity index (χ2v) is 5.79. The lowest BCUT2D eigenvalue weighted by atomic mass is 10.2. The Balaban J connectivity index is 0.00000169. The number of aromatic nitrogens is 2. The minimum Gasteiger partial charge on any atom is -0.379 e. The third-order valence-corrected chi connectivity index (χ3v) is 3.54. The first kappa shape index (κ1) is 22.0. The first-order chi connectivity index (χ1) is 11.6. The fourth-order valence-corrected chi connectivity index (χ4v) is 2.39. The van der Waals surface area contributed by atoms with E-state index in [1.54, 1.807) is 12.3 Å². The van der Waals surface area contributed by atoms with Crippen molar-refractivity contribution in [1.29, 1.82) is 0 Å². The van der Waals surface area contributed by atoms with Gasteiger partial charge in [-0.25, -0.2) is 9.98 Å². The number of pyridine rings is 1. The van der Waals surface area contributed by atoms with Crippen LogP contribution in [0.1, 0.15) is 25.8 Å². The molecule has 3 rings (SSSR count). The third kappa shape index (κ3) is 5.45. The number of guanidine groups is 1. The predicted molar refractivity (Wildman–Crippen MR) is 108 cm³/mol. The summed E-state index contributed by atoms with van der Waals surface area (Å²) in [6, 6.07) is 3.82. The number of amides is 1. The molecule has 0 aromatic carbocycles. The minimum atomic E-state index is -0.214. The summed E-state index contributed by atoms with van der Waals surface area (Å²) in [7, 11) is 0. The number of aliphatic imine (C=N–C) groups is 1. The SMILES string of the molecule is CC(C)OCCCNC1=NC(=Cc2c[nH]c3ncccc23)C(=O)N1.Cl.Cl. The fourth-order valence-electron chi connectivity index (χ4n) is 2.39. The number of H-pyrrole nitrogens is 1. The standard InChI is InChI=1S/C17H21N5O2.2ClH/c1-11(2)24-8-4-7-19-17-21-14(16(23)22-17)9-12-10-20-15-13(12)5-3-6-18-15;;/h3,5-6,9-11H,4,7-8H2,1-2H3,(H,18,20)(H2,19,21,22,23);2*1H. The van der Waals surface area contributed by atoms with Crippen molar-refractivity contribution in [3.63, 3.8) is 0 Å².